The van der Waals surface area contributed by atoms with Crippen LogP contribution in [0.25, 0.3) is 11.0 Å². The number of nitrogens with one attached hydrogen (secondary N) is 2. The molecule has 2 aromatic heterocycles. The van der Waals surface area contributed by atoms with Crippen LogP contribution in [-0.4, -0.2) is 10.9 Å². The van der Waals surface area contributed by atoms with Gasteiger partial charge in [0.15, 0.2) is 0 Å². The Balaban J connectivity index is 1.79. The molecule has 0 saturated heterocycles. The molecule has 0 aliphatic heterocycles. The molecule has 0 fully saturated rings. The molecule has 2 N–H and O–H groups in total. The fraction of sp³-hybridized carbons (Fsp3) is 0.125. The number of rotatable bonds is 3. The summed E-state index contributed by atoms with van der Waals surface area (Å²) < 4.78 is 5.71. The number of carbonyl (C=O) groups excluding carboxylic acids is 1. The number of hydrogen-bond donors (Lipinski definition) is 2. The standard InChI is InChI=1S/C16H14N2O3/c1-10(14-8-11-4-2-3-5-13(11)21-14)18-16(20)12-6-7-15(19)17-9-12/h2-10H,1H3,(H,17,19)(H,18,20)/t10-/m1/s1. The van der Waals surface area contributed by atoms with Gasteiger partial charge in [-0.05, 0) is 25.1 Å². The molecule has 5 heteroatoms. The van der Waals surface area contributed by atoms with E-state index in [9.17, 15) is 9.59 Å². The monoisotopic (exact) mass is 282 g/mol. The predicted octanol–water partition coefficient (Wildman–Crippen LogP) is 2.61. The molecule has 0 spiro atoms. The number of benzene rings is 1. The van der Waals surface area contributed by atoms with Crippen molar-refractivity contribution in [2.24, 2.45) is 0 Å². The molecule has 1 aromatic carbocycles. The number of fused-ring (bicyclic) bond motifs is 1. The smallest absolute Gasteiger partial charge is 0.253 e. The molecule has 0 saturated carbocycles. The van der Waals surface area contributed by atoms with Gasteiger partial charge in [-0.15, -0.1) is 0 Å². The number of amides is 1. The first-order chi connectivity index (χ1) is 10.1. The van der Waals surface area contributed by atoms with Crippen molar-refractivity contribution >= 4 is 16.9 Å². The van der Waals surface area contributed by atoms with Crippen LogP contribution in [0.1, 0.15) is 29.1 Å². The summed E-state index contributed by atoms with van der Waals surface area (Å²) in [5.74, 6) is 0.424. The van der Waals surface area contributed by atoms with Gasteiger partial charge in [0, 0.05) is 17.6 Å². The summed E-state index contributed by atoms with van der Waals surface area (Å²) in [6.45, 7) is 1.85. The Morgan fingerprint density at radius 3 is 2.76 bits per heavy atom. The zero-order valence-electron chi connectivity index (χ0n) is 11.4. The quantitative estimate of drug-likeness (QED) is 0.775. The summed E-state index contributed by atoms with van der Waals surface area (Å²) in [5.41, 5.74) is 0.951. The fourth-order valence-electron chi connectivity index (χ4n) is 2.12. The van der Waals surface area contributed by atoms with E-state index in [2.05, 4.69) is 10.3 Å². The predicted molar refractivity (Wildman–Crippen MR) is 79.2 cm³/mol. The lowest BCUT2D eigenvalue weighted by molar-refractivity contribution is 0.0935. The van der Waals surface area contributed by atoms with Gasteiger partial charge in [0.2, 0.25) is 5.56 Å². The van der Waals surface area contributed by atoms with Crippen molar-refractivity contribution in [2.45, 2.75) is 13.0 Å². The molecule has 5 nitrogen and oxygen atoms in total. The van der Waals surface area contributed by atoms with Crippen LogP contribution in [-0.2, 0) is 0 Å². The van der Waals surface area contributed by atoms with Crippen molar-refractivity contribution in [2.75, 3.05) is 0 Å². The number of pyridine rings is 1. The van der Waals surface area contributed by atoms with E-state index in [0.29, 0.717) is 11.3 Å². The maximum Gasteiger partial charge on any atom is 0.253 e. The number of para-hydroxylation sites is 1. The first-order valence-corrected chi connectivity index (χ1v) is 6.61. The van der Waals surface area contributed by atoms with Gasteiger partial charge in [0.05, 0.1) is 11.6 Å². The van der Waals surface area contributed by atoms with Gasteiger partial charge in [-0.1, -0.05) is 18.2 Å². The van der Waals surface area contributed by atoms with E-state index in [-0.39, 0.29) is 17.5 Å². The Hall–Kier alpha value is -2.82. The van der Waals surface area contributed by atoms with E-state index in [0.717, 1.165) is 11.0 Å². The van der Waals surface area contributed by atoms with Crippen LogP contribution in [0.5, 0.6) is 0 Å². The second kappa shape index (κ2) is 5.28. The van der Waals surface area contributed by atoms with Gasteiger partial charge in [-0.3, -0.25) is 9.59 Å². The highest BCUT2D eigenvalue weighted by Crippen LogP contribution is 2.23. The SMILES string of the molecule is C[C@@H](NC(=O)c1ccc(=O)[nH]c1)c1cc2ccccc2o1. The van der Waals surface area contributed by atoms with Crippen LogP contribution >= 0.6 is 0 Å². The first-order valence-electron chi connectivity index (χ1n) is 6.61. The maximum absolute atomic E-state index is 12.1. The second-order valence-corrected chi connectivity index (χ2v) is 4.82. The molecular formula is C16H14N2O3. The van der Waals surface area contributed by atoms with E-state index in [1.807, 2.05) is 37.3 Å². The van der Waals surface area contributed by atoms with Gasteiger partial charge < -0.3 is 14.7 Å². The minimum Gasteiger partial charge on any atom is -0.459 e. The molecule has 0 aliphatic carbocycles. The van der Waals surface area contributed by atoms with E-state index in [1.165, 1.54) is 18.3 Å². The van der Waals surface area contributed by atoms with E-state index in [1.54, 1.807) is 0 Å². The lowest BCUT2D eigenvalue weighted by atomic mass is 10.2. The van der Waals surface area contributed by atoms with Crippen molar-refractivity contribution in [3.63, 3.8) is 0 Å². The molecule has 1 amide bonds. The number of aromatic nitrogens is 1. The average Bonchev–Trinajstić information content (AvgIpc) is 2.92. The van der Waals surface area contributed by atoms with Crippen molar-refractivity contribution in [1.82, 2.24) is 10.3 Å². The Bertz CT molecular complexity index is 794. The third-order valence-electron chi connectivity index (χ3n) is 3.27. The Kier molecular flexibility index (Phi) is 3.31. The van der Waals surface area contributed by atoms with Crippen LogP contribution in [0.15, 0.2) is 57.9 Å². The Morgan fingerprint density at radius 1 is 1.24 bits per heavy atom. The van der Waals surface area contributed by atoms with Gasteiger partial charge in [0.1, 0.15) is 11.3 Å². The number of aromatic amines is 1. The molecule has 2 heterocycles. The third-order valence-corrected chi connectivity index (χ3v) is 3.27. The van der Waals surface area contributed by atoms with Crippen molar-refractivity contribution in [3.8, 4) is 0 Å². The first kappa shape index (κ1) is 13.2. The molecule has 1 atom stereocenters. The molecule has 106 valence electrons. The van der Waals surface area contributed by atoms with Gasteiger partial charge in [0.25, 0.3) is 5.91 Å². The molecule has 21 heavy (non-hydrogen) atoms. The van der Waals surface area contributed by atoms with E-state index in [4.69, 9.17) is 4.42 Å². The fourth-order valence-corrected chi connectivity index (χ4v) is 2.12. The van der Waals surface area contributed by atoms with Gasteiger partial charge in [-0.25, -0.2) is 0 Å². The minimum atomic E-state index is -0.267. The highest BCUT2D eigenvalue weighted by Gasteiger charge is 2.15. The summed E-state index contributed by atoms with van der Waals surface area (Å²) in [6, 6.07) is 12.1. The number of carbonyl (C=O) groups is 1. The summed E-state index contributed by atoms with van der Waals surface area (Å²) >= 11 is 0. The summed E-state index contributed by atoms with van der Waals surface area (Å²) in [6.07, 6.45) is 1.39. The molecule has 0 radical (unpaired) electrons. The van der Waals surface area contributed by atoms with E-state index >= 15 is 0 Å². The average molecular weight is 282 g/mol. The van der Waals surface area contributed by atoms with Crippen molar-refractivity contribution in [3.05, 3.63) is 70.3 Å². The number of hydrogen-bond acceptors (Lipinski definition) is 3. The zero-order chi connectivity index (χ0) is 14.8. The van der Waals surface area contributed by atoms with Crippen molar-refractivity contribution < 1.29 is 9.21 Å². The normalized spacial score (nSPS) is 12.2. The maximum atomic E-state index is 12.1. The summed E-state index contributed by atoms with van der Waals surface area (Å²) in [5, 5.41) is 3.84. The highest BCUT2D eigenvalue weighted by molar-refractivity contribution is 5.94. The van der Waals surface area contributed by atoms with Crippen LogP contribution < -0.4 is 10.9 Å². The van der Waals surface area contributed by atoms with Crippen LogP contribution in [0.2, 0.25) is 0 Å². The van der Waals surface area contributed by atoms with Gasteiger partial charge in [-0.2, -0.15) is 0 Å². The zero-order valence-corrected chi connectivity index (χ0v) is 11.4. The van der Waals surface area contributed by atoms with Crippen LogP contribution in [0, 0.1) is 0 Å². The molecule has 0 bridgehead atoms. The van der Waals surface area contributed by atoms with Gasteiger partial charge >= 0.3 is 0 Å². The summed E-state index contributed by atoms with van der Waals surface area (Å²) in [7, 11) is 0. The lowest BCUT2D eigenvalue weighted by Gasteiger charge is -2.11. The molecule has 0 aliphatic rings. The topological polar surface area (TPSA) is 75.1 Å². The third kappa shape index (κ3) is 2.72. The van der Waals surface area contributed by atoms with Crippen molar-refractivity contribution in [1.29, 1.82) is 0 Å². The molecule has 3 rings (SSSR count). The minimum absolute atomic E-state index is 0.239. The lowest BCUT2D eigenvalue weighted by Crippen LogP contribution is -2.27. The highest BCUT2D eigenvalue weighted by atomic mass is 16.3. The number of furan rings is 1. The second-order valence-electron chi connectivity index (χ2n) is 4.82. The Labute approximate surface area is 120 Å². The molecule has 0 unspecified atom stereocenters. The Morgan fingerprint density at radius 2 is 2.05 bits per heavy atom. The van der Waals surface area contributed by atoms with Crippen LogP contribution in [0.3, 0.4) is 0 Å². The number of H-pyrrole nitrogens is 1. The largest absolute Gasteiger partial charge is 0.459 e. The summed E-state index contributed by atoms with van der Waals surface area (Å²) in [4.78, 5) is 25.5. The van der Waals surface area contributed by atoms with Crippen LogP contribution in [0.4, 0.5) is 0 Å². The van der Waals surface area contributed by atoms with E-state index < -0.39 is 0 Å². The molecular weight excluding hydrogens is 268 g/mol. The molecule has 3 aromatic rings.